The van der Waals surface area contributed by atoms with Crippen molar-refractivity contribution < 1.29 is 40.1 Å². The smallest absolute Gasteiger partial charge is 0.186 e. The fraction of sp³-hybridized carbons (Fsp3) is 0.857. The molecule has 2 rings (SSSR count). The van der Waals surface area contributed by atoms with Crippen LogP contribution in [0.15, 0.2) is 11.6 Å². The monoisotopic (exact) mass is 350 g/mol. The number of methoxy groups -OCH3 is 1. The van der Waals surface area contributed by atoms with Crippen molar-refractivity contribution >= 4 is 0 Å². The maximum Gasteiger partial charge on any atom is 0.186 e. The zero-order chi connectivity index (χ0) is 18.0. The van der Waals surface area contributed by atoms with Gasteiger partial charge in [0.25, 0.3) is 0 Å². The van der Waals surface area contributed by atoms with Gasteiger partial charge in [0.1, 0.15) is 30.5 Å². The molecular weight excluding hydrogens is 324 g/mol. The normalized spacial score (nSPS) is 46.7. The van der Waals surface area contributed by atoms with Crippen LogP contribution >= 0.6 is 0 Å². The quantitative estimate of drug-likeness (QED) is 0.225. The third kappa shape index (κ3) is 3.63. The summed E-state index contributed by atoms with van der Waals surface area (Å²) >= 11 is 0. The van der Waals surface area contributed by atoms with Gasteiger partial charge < -0.3 is 51.2 Å². The molecule has 1 fully saturated rings. The highest BCUT2D eigenvalue weighted by Crippen LogP contribution is 2.25. The number of rotatable bonds is 5. The van der Waals surface area contributed by atoms with E-state index in [0.717, 1.165) is 0 Å². The van der Waals surface area contributed by atoms with Gasteiger partial charge in [0, 0.05) is 13.7 Å². The minimum Gasteiger partial charge on any atom is -0.392 e. The van der Waals surface area contributed by atoms with Crippen molar-refractivity contribution in [2.75, 3.05) is 20.3 Å². The van der Waals surface area contributed by atoms with Crippen molar-refractivity contribution in [2.45, 2.75) is 55.0 Å². The van der Waals surface area contributed by atoms with Gasteiger partial charge in [-0.2, -0.15) is 0 Å². The Morgan fingerprint density at radius 1 is 1.12 bits per heavy atom. The first-order valence-corrected chi connectivity index (χ1v) is 7.71. The molecule has 1 heterocycles. The van der Waals surface area contributed by atoms with Gasteiger partial charge in [-0.05, 0) is 5.57 Å². The van der Waals surface area contributed by atoms with Crippen molar-refractivity contribution in [3.63, 3.8) is 0 Å². The molecule has 0 amide bonds. The third-order valence-corrected chi connectivity index (χ3v) is 4.55. The molecule has 0 aromatic rings. The molecule has 9 atom stereocenters. The predicted octanol–water partition coefficient (Wildman–Crippen LogP) is -4.62. The molecule has 10 heteroatoms. The molecule has 2 aliphatic rings. The summed E-state index contributed by atoms with van der Waals surface area (Å²) in [6.07, 6.45) is -7.33. The van der Waals surface area contributed by atoms with Crippen LogP contribution in [0.4, 0.5) is 0 Å². The van der Waals surface area contributed by atoms with Gasteiger partial charge >= 0.3 is 0 Å². The largest absolute Gasteiger partial charge is 0.392 e. The lowest BCUT2D eigenvalue weighted by Crippen LogP contribution is -2.68. The number of nitrogens with one attached hydrogen (secondary N) is 1. The van der Waals surface area contributed by atoms with Crippen molar-refractivity contribution in [1.82, 2.24) is 5.32 Å². The van der Waals surface area contributed by atoms with E-state index in [1.807, 2.05) is 0 Å². The van der Waals surface area contributed by atoms with Crippen LogP contribution in [0.5, 0.6) is 0 Å². The number of aliphatic hydroxyl groups is 6. The van der Waals surface area contributed by atoms with Gasteiger partial charge in [-0.1, -0.05) is 6.08 Å². The molecule has 10 nitrogen and oxygen atoms in total. The third-order valence-electron chi connectivity index (χ3n) is 4.55. The Hall–Kier alpha value is -0.660. The summed E-state index contributed by atoms with van der Waals surface area (Å²) in [7, 11) is 1.32. The lowest BCUT2D eigenvalue weighted by atomic mass is 9.86. The van der Waals surface area contributed by atoms with E-state index >= 15 is 0 Å². The topological polar surface area (TPSA) is 178 Å². The van der Waals surface area contributed by atoms with Crippen LogP contribution in [-0.4, -0.2) is 106 Å². The molecule has 0 aromatic carbocycles. The van der Waals surface area contributed by atoms with Crippen molar-refractivity contribution in [2.24, 2.45) is 5.73 Å². The molecule has 0 aromatic heterocycles. The Morgan fingerprint density at radius 3 is 2.33 bits per heavy atom. The van der Waals surface area contributed by atoms with Gasteiger partial charge in [-0.15, -0.1) is 0 Å². The summed E-state index contributed by atoms with van der Waals surface area (Å²) in [5.74, 6) is 0. The summed E-state index contributed by atoms with van der Waals surface area (Å²) in [4.78, 5) is 0. The first-order valence-electron chi connectivity index (χ1n) is 7.71. The van der Waals surface area contributed by atoms with Crippen LogP contribution in [0.25, 0.3) is 0 Å². The van der Waals surface area contributed by atoms with E-state index in [0.29, 0.717) is 0 Å². The second-order valence-electron chi connectivity index (χ2n) is 6.04. The van der Waals surface area contributed by atoms with Crippen LogP contribution in [0.2, 0.25) is 0 Å². The first kappa shape index (κ1) is 19.7. The van der Waals surface area contributed by atoms with Crippen molar-refractivity contribution in [3.05, 3.63) is 11.6 Å². The van der Waals surface area contributed by atoms with Gasteiger partial charge in [0.2, 0.25) is 0 Å². The Bertz CT molecular complexity index is 448. The van der Waals surface area contributed by atoms with Crippen LogP contribution < -0.4 is 11.1 Å². The highest BCUT2D eigenvalue weighted by atomic mass is 16.7. The zero-order valence-corrected chi connectivity index (χ0v) is 13.3. The Kier molecular flexibility index (Phi) is 6.67. The molecule has 9 N–H and O–H groups in total. The van der Waals surface area contributed by atoms with E-state index < -0.39 is 61.6 Å². The highest BCUT2D eigenvalue weighted by Gasteiger charge is 2.46. The average Bonchev–Trinajstić information content (AvgIpc) is 2.59. The standard InChI is InChI=1S/C14H26N2O8/c1-23-14-13(22)11(20)8(7(3-15)24-14)16-6-2-5(4-17)9(18)12(21)10(6)19/h2,6-14,16-22H,3-4,15H2,1H3. The summed E-state index contributed by atoms with van der Waals surface area (Å²) in [6.45, 7) is -0.493. The van der Waals surface area contributed by atoms with Crippen molar-refractivity contribution in [1.29, 1.82) is 0 Å². The number of hydrogen-bond donors (Lipinski definition) is 8. The van der Waals surface area contributed by atoms with Gasteiger partial charge in [-0.3, -0.25) is 0 Å². The molecule has 1 aliphatic heterocycles. The fourth-order valence-corrected chi connectivity index (χ4v) is 3.10. The molecule has 0 bridgehead atoms. The van der Waals surface area contributed by atoms with E-state index in [1.165, 1.54) is 13.2 Å². The molecule has 1 aliphatic carbocycles. The SMILES string of the molecule is COC1OC(CN)C(NC2C=C(CO)C(O)C(O)C2O)C(O)C1O. The summed E-state index contributed by atoms with van der Waals surface area (Å²) in [5.41, 5.74) is 5.78. The van der Waals surface area contributed by atoms with Crippen LogP contribution in [0.1, 0.15) is 0 Å². The second-order valence-corrected chi connectivity index (χ2v) is 6.04. The fourth-order valence-electron chi connectivity index (χ4n) is 3.10. The lowest BCUT2D eigenvalue weighted by molar-refractivity contribution is -0.266. The molecule has 140 valence electrons. The van der Waals surface area contributed by atoms with Gasteiger partial charge in [0.05, 0.1) is 24.8 Å². The molecule has 0 radical (unpaired) electrons. The summed E-state index contributed by atoms with van der Waals surface area (Å²) in [6, 6.07) is -1.76. The summed E-state index contributed by atoms with van der Waals surface area (Å²) < 4.78 is 10.4. The molecule has 1 saturated heterocycles. The number of nitrogens with two attached hydrogens (primary N) is 1. The summed E-state index contributed by atoms with van der Waals surface area (Å²) in [5, 5.41) is 62.2. The van der Waals surface area contributed by atoms with Crippen LogP contribution in [0.3, 0.4) is 0 Å². The molecule has 0 saturated carbocycles. The van der Waals surface area contributed by atoms with Crippen LogP contribution in [0, 0.1) is 0 Å². The number of aliphatic hydroxyl groups excluding tert-OH is 6. The van der Waals surface area contributed by atoms with E-state index in [2.05, 4.69) is 5.32 Å². The van der Waals surface area contributed by atoms with E-state index in [-0.39, 0.29) is 12.1 Å². The minimum atomic E-state index is -1.51. The molecule has 0 spiro atoms. The van der Waals surface area contributed by atoms with Gasteiger partial charge in [0.15, 0.2) is 6.29 Å². The van der Waals surface area contributed by atoms with E-state index in [4.69, 9.17) is 15.2 Å². The lowest BCUT2D eigenvalue weighted by Gasteiger charge is -2.45. The second kappa shape index (κ2) is 8.15. The Balaban J connectivity index is 2.19. The maximum atomic E-state index is 10.3. The van der Waals surface area contributed by atoms with E-state index in [1.54, 1.807) is 0 Å². The highest BCUT2D eigenvalue weighted by molar-refractivity contribution is 5.22. The predicted molar refractivity (Wildman–Crippen MR) is 80.6 cm³/mol. The van der Waals surface area contributed by atoms with Crippen LogP contribution in [-0.2, 0) is 9.47 Å². The molecule has 24 heavy (non-hydrogen) atoms. The van der Waals surface area contributed by atoms with Gasteiger partial charge in [-0.25, -0.2) is 0 Å². The average molecular weight is 350 g/mol. The minimum absolute atomic E-state index is 0.00583. The van der Waals surface area contributed by atoms with E-state index in [9.17, 15) is 30.6 Å². The molecule has 9 unspecified atom stereocenters. The molecular formula is C14H26N2O8. The Morgan fingerprint density at radius 2 is 1.79 bits per heavy atom. The van der Waals surface area contributed by atoms with Crippen molar-refractivity contribution in [3.8, 4) is 0 Å². The number of ether oxygens (including phenoxy) is 2. The number of hydrogen-bond acceptors (Lipinski definition) is 10. The zero-order valence-electron chi connectivity index (χ0n) is 13.3. The maximum absolute atomic E-state index is 10.3. The Labute approximate surface area is 139 Å². The first-order chi connectivity index (χ1) is 11.3.